The first-order chi connectivity index (χ1) is 17.6. The number of carbonyl (C=O) groups excluding carboxylic acids is 1. The van der Waals surface area contributed by atoms with Crippen LogP contribution in [0.3, 0.4) is 0 Å². The topological polar surface area (TPSA) is 189 Å². The summed E-state index contributed by atoms with van der Waals surface area (Å²) in [7, 11) is 0. The molecule has 1 saturated heterocycles. The molecule has 12 nitrogen and oxygen atoms in total. The molecular formula is C25H38N4O8. The molecule has 206 valence electrons. The van der Waals surface area contributed by atoms with Gasteiger partial charge in [0.25, 0.3) is 0 Å². The van der Waals surface area contributed by atoms with Crippen LogP contribution >= 0.6 is 0 Å². The molecule has 37 heavy (non-hydrogen) atoms. The van der Waals surface area contributed by atoms with Gasteiger partial charge in [0, 0.05) is 30.8 Å². The number of nitrogens with one attached hydrogen (secondary N) is 3. The van der Waals surface area contributed by atoms with Crippen LogP contribution in [0.25, 0.3) is 0 Å². The van der Waals surface area contributed by atoms with Crippen molar-refractivity contribution in [2.24, 2.45) is 0 Å². The molecule has 0 radical (unpaired) electrons. The zero-order chi connectivity index (χ0) is 27.1. The Balaban J connectivity index is 1.65. The molecule has 12 heteroatoms. The van der Waals surface area contributed by atoms with Crippen LogP contribution in [0.15, 0.2) is 24.3 Å². The Morgan fingerprint density at radius 1 is 1.08 bits per heavy atom. The van der Waals surface area contributed by atoms with Gasteiger partial charge >= 0.3 is 6.03 Å². The van der Waals surface area contributed by atoms with Crippen molar-refractivity contribution < 1.29 is 39.8 Å². The summed E-state index contributed by atoms with van der Waals surface area (Å²) in [4.78, 5) is 11.7. The zero-order valence-electron chi connectivity index (χ0n) is 21.3. The number of aliphatic hydroxyl groups excluding tert-OH is 5. The fourth-order valence-electron chi connectivity index (χ4n) is 4.03. The number of aliphatic hydroxyl groups is 5. The summed E-state index contributed by atoms with van der Waals surface area (Å²) in [6, 6.07) is 7.55. The van der Waals surface area contributed by atoms with Crippen LogP contribution in [0.2, 0.25) is 0 Å². The van der Waals surface area contributed by atoms with Crippen molar-refractivity contribution in [3.8, 4) is 5.88 Å². The van der Waals surface area contributed by atoms with E-state index in [2.05, 4.69) is 20.8 Å². The van der Waals surface area contributed by atoms with E-state index in [1.54, 1.807) is 6.92 Å². The second kappa shape index (κ2) is 13.2. The van der Waals surface area contributed by atoms with Crippen LogP contribution in [0, 0.1) is 0 Å². The molecule has 1 aromatic heterocycles. The van der Waals surface area contributed by atoms with Crippen molar-refractivity contribution in [1.82, 2.24) is 20.8 Å². The van der Waals surface area contributed by atoms with E-state index in [1.807, 2.05) is 38.1 Å². The van der Waals surface area contributed by atoms with Crippen LogP contribution in [0.4, 0.5) is 4.79 Å². The second-order valence-electron chi connectivity index (χ2n) is 9.62. The minimum absolute atomic E-state index is 0.0972. The highest BCUT2D eigenvalue weighted by molar-refractivity contribution is 5.73. The molecule has 6 atom stereocenters. The quantitative estimate of drug-likeness (QED) is 0.193. The number of urea groups is 1. The third-order valence-electron chi connectivity index (χ3n) is 6.18. The van der Waals surface area contributed by atoms with E-state index in [1.165, 1.54) is 0 Å². The molecule has 0 saturated carbocycles. The van der Waals surface area contributed by atoms with E-state index in [9.17, 15) is 30.3 Å². The highest BCUT2D eigenvalue weighted by atomic mass is 16.7. The Kier molecular flexibility index (Phi) is 10.3. The molecule has 1 aliphatic heterocycles. The zero-order valence-corrected chi connectivity index (χ0v) is 21.3. The number of benzene rings is 1. The Labute approximate surface area is 215 Å². The SMILES string of the molecule is CC(C)c1[nH]nc(O[C@@H]2O[C@H](CO)[C@@H](O)[C@H](O)[C@H]2O)c1Cc1ccc(CCNC(=O)NC[C@@H](C)O)cc1. The average molecular weight is 523 g/mol. The number of H-pyrrole nitrogens is 1. The minimum Gasteiger partial charge on any atom is -0.443 e. The maximum absolute atomic E-state index is 11.7. The molecule has 2 amide bonds. The first-order valence-corrected chi connectivity index (χ1v) is 12.4. The molecule has 1 aromatic carbocycles. The van der Waals surface area contributed by atoms with Crippen molar-refractivity contribution in [1.29, 1.82) is 0 Å². The summed E-state index contributed by atoms with van der Waals surface area (Å²) in [5.74, 6) is 0.296. The number of amides is 2. The monoisotopic (exact) mass is 522 g/mol. The third kappa shape index (κ3) is 7.63. The normalized spacial score (nSPS) is 24.6. The van der Waals surface area contributed by atoms with E-state index >= 15 is 0 Å². The summed E-state index contributed by atoms with van der Waals surface area (Å²) in [6.07, 6.45) is -6.47. The highest BCUT2D eigenvalue weighted by Gasteiger charge is 2.45. The molecule has 0 bridgehead atoms. The maximum Gasteiger partial charge on any atom is 0.314 e. The summed E-state index contributed by atoms with van der Waals surface area (Å²) >= 11 is 0. The van der Waals surface area contributed by atoms with E-state index in [0.29, 0.717) is 19.4 Å². The molecule has 1 aliphatic rings. The number of hydrogen-bond donors (Lipinski definition) is 8. The fourth-order valence-corrected chi connectivity index (χ4v) is 4.03. The Hall–Kier alpha value is -2.74. The Bertz CT molecular complexity index is 995. The van der Waals surface area contributed by atoms with Gasteiger partial charge in [-0.1, -0.05) is 38.1 Å². The standard InChI is InChI=1S/C25H38N4O8/c1-13(2)19-17(23(29-28-19)37-24-22(34)21(33)20(32)18(12-30)36-24)10-16-6-4-15(5-7-16)8-9-26-25(35)27-11-14(3)31/h4-7,13-14,18,20-22,24,30-34H,8-12H2,1-3H3,(H,28,29)(H2,26,27,35)/t14-,18-,20-,21+,22-,24+/m1/s1. The number of rotatable bonds is 11. The van der Waals surface area contributed by atoms with Gasteiger partial charge in [-0.05, 0) is 30.4 Å². The summed E-state index contributed by atoms with van der Waals surface area (Å²) in [6.45, 7) is 5.68. The smallest absolute Gasteiger partial charge is 0.314 e. The molecule has 0 unspecified atom stereocenters. The van der Waals surface area contributed by atoms with Crippen molar-refractivity contribution in [3.63, 3.8) is 0 Å². The predicted molar refractivity (Wildman–Crippen MR) is 133 cm³/mol. The first kappa shape index (κ1) is 28.8. The van der Waals surface area contributed by atoms with Crippen molar-refractivity contribution in [3.05, 3.63) is 46.6 Å². The predicted octanol–water partition coefficient (Wildman–Crippen LogP) is -0.475. The lowest BCUT2D eigenvalue weighted by Gasteiger charge is -2.39. The van der Waals surface area contributed by atoms with Crippen molar-refractivity contribution >= 4 is 6.03 Å². The van der Waals surface area contributed by atoms with Gasteiger partial charge in [-0.2, -0.15) is 0 Å². The lowest BCUT2D eigenvalue weighted by Crippen LogP contribution is -2.60. The van der Waals surface area contributed by atoms with E-state index in [4.69, 9.17) is 9.47 Å². The lowest BCUT2D eigenvalue weighted by molar-refractivity contribution is -0.278. The first-order valence-electron chi connectivity index (χ1n) is 12.4. The number of aromatic amines is 1. The highest BCUT2D eigenvalue weighted by Crippen LogP contribution is 2.31. The van der Waals surface area contributed by atoms with Gasteiger partial charge in [0.15, 0.2) is 0 Å². The van der Waals surface area contributed by atoms with E-state index in [-0.39, 0.29) is 24.4 Å². The average Bonchev–Trinajstić information content (AvgIpc) is 3.26. The van der Waals surface area contributed by atoms with E-state index in [0.717, 1.165) is 22.4 Å². The van der Waals surface area contributed by atoms with Gasteiger partial charge < -0.3 is 45.6 Å². The van der Waals surface area contributed by atoms with E-state index < -0.39 is 43.4 Å². The van der Waals surface area contributed by atoms with Gasteiger partial charge in [-0.15, -0.1) is 5.10 Å². The molecule has 0 aliphatic carbocycles. The second-order valence-corrected chi connectivity index (χ2v) is 9.62. The van der Waals surface area contributed by atoms with Gasteiger partial charge in [0.05, 0.1) is 12.7 Å². The largest absolute Gasteiger partial charge is 0.443 e. The van der Waals surface area contributed by atoms with Crippen molar-refractivity contribution in [2.45, 2.75) is 76.3 Å². The summed E-state index contributed by atoms with van der Waals surface area (Å²) < 4.78 is 11.3. The Morgan fingerprint density at radius 2 is 1.76 bits per heavy atom. The molecule has 8 N–H and O–H groups in total. The molecule has 1 fully saturated rings. The number of hydrogen-bond acceptors (Lipinski definition) is 9. The van der Waals surface area contributed by atoms with Crippen LogP contribution < -0.4 is 15.4 Å². The van der Waals surface area contributed by atoms with Gasteiger partial charge in [0.2, 0.25) is 12.2 Å². The van der Waals surface area contributed by atoms with Crippen molar-refractivity contribution in [2.75, 3.05) is 19.7 Å². The molecule has 2 heterocycles. The van der Waals surface area contributed by atoms with Crippen LogP contribution in [-0.2, 0) is 17.6 Å². The van der Waals surface area contributed by atoms with Crippen LogP contribution in [0.1, 0.15) is 49.1 Å². The number of carbonyl (C=O) groups is 1. The molecule has 2 aromatic rings. The van der Waals surface area contributed by atoms with Crippen LogP contribution in [0.5, 0.6) is 5.88 Å². The number of aromatic nitrogens is 2. The number of ether oxygens (including phenoxy) is 2. The third-order valence-corrected chi connectivity index (χ3v) is 6.18. The Morgan fingerprint density at radius 3 is 2.38 bits per heavy atom. The molecule has 3 rings (SSSR count). The van der Waals surface area contributed by atoms with Gasteiger partial charge in [-0.25, -0.2) is 4.79 Å². The fraction of sp³-hybridized carbons (Fsp3) is 0.600. The lowest BCUT2D eigenvalue weighted by atomic mass is 9.98. The molecular weight excluding hydrogens is 484 g/mol. The molecule has 0 spiro atoms. The summed E-state index contributed by atoms with van der Waals surface area (Å²) in [5.41, 5.74) is 3.62. The van der Waals surface area contributed by atoms with Gasteiger partial charge in [-0.3, -0.25) is 5.10 Å². The number of nitrogens with zero attached hydrogens (tertiary/aromatic N) is 1. The van der Waals surface area contributed by atoms with Crippen LogP contribution in [-0.4, -0.2) is 98.3 Å². The van der Waals surface area contributed by atoms with Gasteiger partial charge in [0.1, 0.15) is 24.4 Å². The minimum atomic E-state index is -1.55. The maximum atomic E-state index is 11.7. The summed E-state index contributed by atoms with van der Waals surface area (Å²) in [5, 5.41) is 61.6.